The van der Waals surface area contributed by atoms with Crippen LogP contribution >= 0.6 is 0 Å². The van der Waals surface area contributed by atoms with Crippen LogP contribution in [-0.4, -0.2) is 22.8 Å². The molecule has 1 heterocycles. The van der Waals surface area contributed by atoms with E-state index in [0.717, 1.165) is 15.2 Å². The van der Waals surface area contributed by atoms with Gasteiger partial charge in [-0.25, -0.2) is 8.42 Å². The van der Waals surface area contributed by atoms with Gasteiger partial charge in [0, 0.05) is 0 Å². The molecule has 3 rings (SSSR count). The second kappa shape index (κ2) is 7.66. The molecule has 0 aliphatic heterocycles. The summed E-state index contributed by atoms with van der Waals surface area (Å²) in [6.07, 6.45) is 0. The first-order valence-corrected chi connectivity index (χ1v) is 11.4. The molecule has 0 fully saturated rings. The zero-order chi connectivity index (χ0) is 20.6. The molecule has 0 atom stereocenters. The Hall–Kier alpha value is -2.21. The standard InChI is InChI=1S/C22H29N3O2S/c1-14(2)18-12-11-17(21(15(3)4)22(18)16(5)6)13-28(26,27)25-20-10-8-7-9-19(20)23-24-25/h7-12,14-16H,13H2,1-6H3. The van der Waals surface area contributed by atoms with E-state index in [1.54, 1.807) is 18.2 Å². The third-order valence-corrected chi connectivity index (χ3v) is 6.58. The van der Waals surface area contributed by atoms with Gasteiger partial charge in [-0.1, -0.05) is 71.0 Å². The highest BCUT2D eigenvalue weighted by atomic mass is 32.2. The van der Waals surface area contributed by atoms with Crippen LogP contribution in [0.1, 0.15) is 81.5 Å². The van der Waals surface area contributed by atoms with Crippen molar-refractivity contribution >= 4 is 21.1 Å². The molecule has 0 N–H and O–H groups in total. The highest BCUT2D eigenvalue weighted by molar-refractivity contribution is 7.89. The Morgan fingerprint density at radius 2 is 1.50 bits per heavy atom. The van der Waals surface area contributed by atoms with E-state index in [1.807, 2.05) is 12.1 Å². The second-order valence-corrected chi connectivity index (χ2v) is 10.1. The van der Waals surface area contributed by atoms with E-state index >= 15 is 0 Å². The third kappa shape index (κ3) is 3.70. The van der Waals surface area contributed by atoms with Gasteiger partial charge < -0.3 is 0 Å². The molecular formula is C22H29N3O2S. The van der Waals surface area contributed by atoms with Crippen LogP contribution in [0.2, 0.25) is 0 Å². The summed E-state index contributed by atoms with van der Waals surface area (Å²) in [5.41, 5.74) is 5.66. The maximum absolute atomic E-state index is 13.2. The Balaban J connectivity index is 2.15. The molecule has 0 spiro atoms. The Morgan fingerprint density at radius 3 is 2.11 bits per heavy atom. The fourth-order valence-corrected chi connectivity index (χ4v) is 5.33. The third-order valence-electron chi connectivity index (χ3n) is 5.11. The summed E-state index contributed by atoms with van der Waals surface area (Å²) in [5, 5.41) is 7.92. The molecule has 0 unspecified atom stereocenters. The van der Waals surface area contributed by atoms with Crippen molar-refractivity contribution in [1.82, 2.24) is 14.4 Å². The van der Waals surface area contributed by atoms with Crippen LogP contribution in [-0.2, 0) is 15.8 Å². The average Bonchev–Trinajstić information content (AvgIpc) is 3.05. The number of rotatable bonds is 6. The van der Waals surface area contributed by atoms with E-state index in [4.69, 9.17) is 0 Å². The summed E-state index contributed by atoms with van der Waals surface area (Å²) in [4.78, 5) is 0. The predicted octanol–water partition coefficient (Wildman–Crippen LogP) is 5.18. The number of benzene rings is 2. The molecule has 0 amide bonds. The van der Waals surface area contributed by atoms with Crippen molar-refractivity contribution < 1.29 is 8.42 Å². The smallest absolute Gasteiger partial charge is 0.204 e. The summed E-state index contributed by atoms with van der Waals surface area (Å²) in [6.45, 7) is 13.0. The predicted molar refractivity (Wildman–Crippen MR) is 114 cm³/mol. The first kappa shape index (κ1) is 20.5. The van der Waals surface area contributed by atoms with E-state index in [1.165, 1.54) is 11.1 Å². The van der Waals surface area contributed by atoms with Gasteiger partial charge in [-0.3, -0.25) is 0 Å². The summed E-state index contributed by atoms with van der Waals surface area (Å²) in [6, 6.07) is 11.2. The maximum atomic E-state index is 13.2. The normalized spacial score (nSPS) is 12.6. The lowest BCUT2D eigenvalue weighted by atomic mass is 9.81. The molecular weight excluding hydrogens is 370 g/mol. The molecule has 0 radical (unpaired) electrons. The zero-order valence-corrected chi connectivity index (χ0v) is 18.3. The summed E-state index contributed by atoms with van der Waals surface area (Å²) in [5.74, 6) is 0.852. The minimum absolute atomic E-state index is 0.0913. The minimum Gasteiger partial charge on any atom is -0.204 e. The molecule has 2 aromatic carbocycles. The van der Waals surface area contributed by atoms with Gasteiger partial charge >= 0.3 is 0 Å². The number of hydrogen-bond donors (Lipinski definition) is 0. The average molecular weight is 400 g/mol. The molecule has 6 heteroatoms. The van der Waals surface area contributed by atoms with Gasteiger partial charge in [-0.05, 0) is 52.1 Å². The lowest BCUT2D eigenvalue weighted by Gasteiger charge is -2.25. The van der Waals surface area contributed by atoms with Crippen LogP contribution in [0.15, 0.2) is 36.4 Å². The van der Waals surface area contributed by atoms with Gasteiger partial charge in [0.15, 0.2) is 0 Å². The van der Waals surface area contributed by atoms with Crippen molar-refractivity contribution in [2.75, 3.05) is 0 Å². The first-order chi connectivity index (χ1) is 13.1. The van der Waals surface area contributed by atoms with Crippen molar-refractivity contribution in [1.29, 1.82) is 0 Å². The van der Waals surface area contributed by atoms with Crippen molar-refractivity contribution in [3.05, 3.63) is 58.7 Å². The van der Waals surface area contributed by atoms with E-state index in [2.05, 4.69) is 57.9 Å². The molecule has 0 aliphatic rings. The monoisotopic (exact) mass is 399 g/mol. The molecule has 0 saturated heterocycles. The van der Waals surface area contributed by atoms with Crippen LogP contribution < -0.4 is 0 Å². The number of hydrogen-bond acceptors (Lipinski definition) is 4. The Bertz CT molecular complexity index is 1100. The van der Waals surface area contributed by atoms with Gasteiger partial charge in [0.05, 0.1) is 5.75 Å². The van der Waals surface area contributed by atoms with Crippen LogP contribution in [0.5, 0.6) is 0 Å². The Kier molecular flexibility index (Phi) is 5.62. The second-order valence-electron chi connectivity index (χ2n) is 8.28. The fourth-order valence-electron chi connectivity index (χ4n) is 3.96. The summed E-state index contributed by atoms with van der Waals surface area (Å²) >= 11 is 0. The van der Waals surface area contributed by atoms with Gasteiger partial charge in [0.1, 0.15) is 11.0 Å². The summed E-state index contributed by atoms with van der Waals surface area (Å²) in [7, 11) is -3.69. The number of nitrogens with zero attached hydrogens (tertiary/aromatic N) is 3. The van der Waals surface area contributed by atoms with Crippen LogP contribution in [0.3, 0.4) is 0 Å². The molecule has 0 saturated carbocycles. The lowest BCUT2D eigenvalue weighted by molar-refractivity contribution is 0.578. The van der Waals surface area contributed by atoms with Crippen molar-refractivity contribution in [2.24, 2.45) is 0 Å². The van der Waals surface area contributed by atoms with E-state index in [0.29, 0.717) is 22.9 Å². The molecule has 150 valence electrons. The van der Waals surface area contributed by atoms with Gasteiger partial charge in [0.25, 0.3) is 10.0 Å². The topological polar surface area (TPSA) is 64.8 Å². The Labute approximate surface area is 167 Å². The van der Waals surface area contributed by atoms with Crippen molar-refractivity contribution in [2.45, 2.75) is 65.0 Å². The fraction of sp³-hybridized carbons (Fsp3) is 0.455. The lowest BCUT2D eigenvalue weighted by Crippen LogP contribution is -2.19. The van der Waals surface area contributed by atoms with E-state index in [9.17, 15) is 8.42 Å². The SMILES string of the molecule is CC(C)c1ccc(CS(=O)(=O)n2nnc3ccccc32)c(C(C)C)c1C(C)C. The van der Waals surface area contributed by atoms with Crippen LogP contribution in [0, 0.1) is 0 Å². The Morgan fingerprint density at radius 1 is 0.857 bits per heavy atom. The van der Waals surface area contributed by atoms with Gasteiger partial charge in [-0.2, -0.15) is 0 Å². The molecule has 1 aromatic heterocycles. The van der Waals surface area contributed by atoms with Crippen molar-refractivity contribution in [3.63, 3.8) is 0 Å². The molecule has 0 aliphatic carbocycles. The molecule has 5 nitrogen and oxygen atoms in total. The molecule has 3 aromatic rings. The first-order valence-electron chi connectivity index (χ1n) is 9.82. The van der Waals surface area contributed by atoms with Gasteiger partial charge in [0.2, 0.25) is 0 Å². The number of aromatic nitrogens is 3. The number of fused-ring (bicyclic) bond motifs is 1. The zero-order valence-electron chi connectivity index (χ0n) is 17.5. The van der Waals surface area contributed by atoms with Gasteiger partial charge in [-0.15, -0.1) is 9.19 Å². The summed E-state index contributed by atoms with van der Waals surface area (Å²) < 4.78 is 27.5. The van der Waals surface area contributed by atoms with Crippen molar-refractivity contribution in [3.8, 4) is 0 Å². The van der Waals surface area contributed by atoms with Crippen LogP contribution in [0.25, 0.3) is 11.0 Å². The molecule has 0 bridgehead atoms. The maximum Gasteiger partial charge on any atom is 0.259 e. The minimum atomic E-state index is -3.69. The quantitative estimate of drug-likeness (QED) is 0.573. The van der Waals surface area contributed by atoms with Crippen LogP contribution in [0.4, 0.5) is 0 Å². The highest BCUT2D eigenvalue weighted by Crippen LogP contribution is 2.36. The largest absolute Gasteiger partial charge is 0.259 e. The van der Waals surface area contributed by atoms with E-state index < -0.39 is 10.0 Å². The van der Waals surface area contributed by atoms with E-state index in [-0.39, 0.29) is 11.7 Å². The highest BCUT2D eigenvalue weighted by Gasteiger charge is 2.25. The number of para-hydroxylation sites is 1. The molecule has 28 heavy (non-hydrogen) atoms.